The minimum atomic E-state index is -1.10. The van der Waals surface area contributed by atoms with Crippen LogP contribution in [-0.4, -0.2) is 16.1 Å². The van der Waals surface area contributed by atoms with E-state index < -0.39 is 11.5 Å². The number of hydrogen-bond donors (Lipinski definition) is 2. The van der Waals surface area contributed by atoms with Crippen LogP contribution in [0.25, 0.3) is 11.1 Å². The van der Waals surface area contributed by atoms with Crippen LogP contribution in [0, 0.1) is 0 Å². The highest BCUT2D eigenvalue weighted by molar-refractivity contribution is 6.41. The van der Waals surface area contributed by atoms with E-state index in [1.807, 2.05) is 0 Å². The Kier molecular flexibility index (Phi) is 4.38. The third-order valence-electron chi connectivity index (χ3n) is 2.62. The van der Waals surface area contributed by atoms with Gasteiger partial charge in [0.25, 0.3) is 5.56 Å². The Bertz CT molecular complexity index is 717. The third-order valence-corrected chi connectivity index (χ3v) is 3.43. The SMILES string of the molecule is O=C(O)Cc1cc(-c2c(Cl)cc(Cl)cc2Cl)c[nH]c1=O. The molecule has 0 radical (unpaired) electrons. The van der Waals surface area contributed by atoms with E-state index in [-0.39, 0.29) is 12.0 Å². The van der Waals surface area contributed by atoms with Crippen LogP contribution in [0.1, 0.15) is 5.56 Å². The summed E-state index contributed by atoms with van der Waals surface area (Å²) in [5.41, 5.74) is 0.669. The van der Waals surface area contributed by atoms with E-state index in [1.165, 1.54) is 24.4 Å². The number of aromatic amines is 1. The zero-order valence-corrected chi connectivity index (χ0v) is 12.2. The van der Waals surface area contributed by atoms with Gasteiger partial charge in [0.05, 0.1) is 16.5 Å². The third kappa shape index (κ3) is 3.15. The van der Waals surface area contributed by atoms with Crippen molar-refractivity contribution >= 4 is 40.8 Å². The van der Waals surface area contributed by atoms with Crippen molar-refractivity contribution in [3.05, 3.63) is 55.4 Å². The van der Waals surface area contributed by atoms with Crippen LogP contribution in [0.15, 0.2) is 29.2 Å². The van der Waals surface area contributed by atoms with Gasteiger partial charge in [-0.1, -0.05) is 34.8 Å². The fraction of sp³-hybridized carbons (Fsp3) is 0.0769. The molecule has 7 heteroatoms. The molecule has 20 heavy (non-hydrogen) atoms. The fourth-order valence-corrected chi connectivity index (χ4v) is 2.82. The summed E-state index contributed by atoms with van der Waals surface area (Å²) in [5.74, 6) is -1.10. The number of carbonyl (C=O) groups is 1. The first kappa shape index (κ1) is 14.9. The van der Waals surface area contributed by atoms with E-state index in [9.17, 15) is 9.59 Å². The molecule has 4 nitrogen and oxygen atoms in total. The summed E-state index contributed by atoms with van der Waals surface area (Å²) < 4.78 is 0. The molecule has 0 saturated carbocycles. The Hall–Kier alpha value is -1.49. The van der Waals surface area contributed by atoms with Crippen LogP contribution in [0.4, 0.5) is 0 Å². The molecule has 104 valence electrons. The van der Waals surface area contributed by atoms with Gasteiger partial charge in [-0.2, -0.15) is 0 Å². The molecule has 0 unspecified atom stereocenters. The lowest BCUT2D eigenvalue weighted by atomic mass is 10.0. The predicted molar refractivity (Wildman–Crippen MR) is 78.9 cm³/mol. The molecule has 0 fully saturated rings. The Labute approximate surface area is 128 Å². The summed E-state index contributed by atoms with van der Waals surface area (Å²) >= 11 is 18.0. The summed E-state index contributed by atoms with van der Waals surface area (Å²) in [6, 6.07) is 4.49. The minimum Gasteiger partial charge on any atom is -0.481 e. The molecule has 1 aromatic carbocycles. The van der Waals surface area contributed by atoms with Crippen molar-refractivity contribution in [2.75, 3.05) is 0 Å². The van der Waals surface area contributed by atoms with Crippen molar-refractivity contribution in [2.24, 2.45) is 0 Å². The van der Waals surface area contributed by atoms with Gasteiger partial charge in [-0.25, -0.2) is 0 Å². The van der Waals surface area contributed by atoms with E-state index in [0.29, 0.717) is 26.2 Å². The summed E-state index contributed by atoms with van der Waals surface area (Å²) in [7, 11) is 0. The van der Waals surface area contributed by atoms with Gasteiger partial charge in [-0.15, -0.1) is 0 Å². The standard InChI is InChI=1S/C13H8Cl3NO3/c14-8-3-9(15)12(10(16)4-8)7-1-6(2-11(18)19)13(20)17-5-7/h1,3-5H,2H2,(H,17,20)(H,18,19). The summed E-state index contributed by atoms with van der Waals surface area (Å²) in [6.07, 6.45) is 1.04. The molecule has 0 spiro atoms. The van der Waals surface area contributed by atoms with Crippen LogP contribution >= 0.6 is 34.8 Å². The van der Waals surface area contributed by atoms with Crippen LogP contribution in [0.5, 0.6) is 0 Å². The zero-order valence-electron chi connectivity index (χ0n) is 9.91. The van der Waals surface area contributed by atoms with Gasteiger partial charge in [-0.05, 0) is 18.2 Å². The summed E-state index contributed by atoms with van der Waals surface area (Å²) in [4.78, 5) is 24.8. The van der Waals surface area contributed by atoms with Gasteiger partial charge < -0.3 is 10.1 Å². The molecule has 0 amide bonds. The number of pyridine rings is 1. The Balaban J connectivity index is 2.59. The molecule has 0 aliphatic carbocycles. The zero-order chi connectivity index (χ0) is 14.9. The monoisotopic (exact) mass is 331 g/mol. The van der Waals surface area contributed by atoms with Crippen molar-refractivity contribution in [1.82, 2.24) is 4.98 Å². The lowest BCUT2D eigenvalue weighted by molar-refractivity contribution is -0.136. The van der Waals surface area contributed by atoms with Gasteiger partial charge in [-0.3, -0.25) is 9.59 Å². The number of halogens is 3. The van der Waals surface area contributed by atoms with E-state index in [4.69, 9.17) is 39.9 Å². The Morgan fingerprint density at radius 2 is 1.75 bits per heavy atom. The topological polar surface area (TPSA) is 70.2 Å². The number of aromatic nitrogens is 1. The highest BCUT2D eigenvalue weighted by Gasteiger charge is 2.13. The quantitative estimate of drug-likeness (QED) is 0.901. The number of nitrogens with one attached hydrogen (secondary N) is 1. The first-order chi connectivity index (χ1) is 9.38. The van der Waals surface area contributed by atoms with Crippen molar-refractivity contribution in [1.29, 1.82) is 0 Å². The van der Waals surface area contributed by atoms with Crippen molar-refractivity contribution in [2.45, 2.75) is 6.42 Å². The van der Waals surface area contributed by atoms with Gasteiger partial charge in [0.2, 0.25) is 0 Å². The number of H-pyrrole nitrogens is 1. The van der Waals surface area contributed by atoms with Gasteiger partial charge >= 0.3 is 5.97 Å². The van der Waals surface area contributed by atoms with Crippen molar-refractivity contribution in [3.63, 3.8) is 0 Å². The lowest BCUT2D eigenvalue weighted by Crippen LogP contribution is -2.15. The van der Waals surface area contributed by atoms with Crippen LogP contribution in [0.3, 0.4) is 0 Å². The Morgan fingerprint density at radius 3 is 2.30 bits per heavy atom. The fourth-order valence-electron chi connectivity index (χ4n) is 1.79. The predicted octanol–water partition coefficient (Wildman–Crippen LogP) is 3.63. The number of rotatable bonds is 3. The largest absolute Gasteiger partial charge is 0.481 e. The molecule has 0 aliphatic heterocycles. The average Bonchev–Trinajstić information content (AvgIpc) is 2.31. The van der Waals surface area contributed by atoms with Gasteiger partial charge in [0.1, 0.15) is 0 Å². The minimum absolute atomic E-state index is 0.122. The van der Waals surface area contributed by atoms with Gasteiger partial charge in [0.15, 0.2) is 0 Å². The number of hydrogen-bond acceptors (Lipinski definition) is 2. The molecule has 1 heterocycles. The first-order valence-corrected chi connectivity index (χ1v) is 6.60. The van der Waals surface area contributed by atoms with E-state index >= 15 is 0 Å². The molecular formula is C13H8Cl3NO3. The molecule has 2 aromatic rings. The van der Waals surface area contributed by atoms with Crippen LogP contribution < -0.4 is 5.56 Å². The normalized spacial score (nSPS) is 10.6. The maximum Gasteiger partial charge on any atom is 0.308 e. The number of carboxylic acid groups (broad SMARTS) is 1. The number of benzene rings is 1. The van der Waals surface area contributed by atoms with E-state index in [0.717, 1.165) is 0 Å². The Morgan fingerprint density at radius 1 is 1.15 bits per heavy atom. The molecule has 2 N–H and O–H groups in total. The lowest BCUT2D eigenvalue weighted by Gasteiger charge is -2.09. The highest BCUT2D eigenvalue weighted by Crippen LogP contribution is 2.36. The van der Waals surface area contributed by atoms with E-state index in [1.54, 1.807) is 0 Å². The molecule has 0 bridgehead atoms. The second-order valence-corrected chi connectivity index (χ2v) is 5.31. The number of carboxylic acids is 1. The van der Waals surface area contributed by atoms with E-state index in [2.05, 4.69) is 4.98 Å². The van der Waals surface area contributed by atoms with Gasteiger partial charge in [0, 0.05) is 27.9 Å². The summed E-state index contributed by atoms with van der Waals surface area (Å²) in [5, 5.41) is 9.80. The molecule has 2 rings (SSSR count). The number of aliphatic carboxylic acids is 1. The summed E-state index contributed by atoms with van der Waals surface area (Å²) in [6.45, 7) is 0. The molecule has 0 atom stereocenters. The second kappa shape index (κ2) is 5.87. The first-order valence-electron chi connectivity index (χ1n) is 5.47. The maximum atomic E-state index is 11.6. The highest BCUT2D eigenvalue weighted by atomic mass is 35.5. The van der Waals surface area contributed by atoms with Crippen LogP contribution in [-0.2, 0) is 11.2 Å². The van der Waals surface area contributed by atoms with Crippen molar-refractivity contribution < 1.29 is 9.90 Å². The van der Waals surface area contributed by atoms with Crippen LogP contribution in [0.2, 0.25) is 15.1 Å². The molecule has 1 aromatic heterocycles. The second-order valence-electron chi connectivity index (χ2n) is 4.06. The average molecular weight is 333 g/mol. The smallest absolute Gasteiger partial charge is 0.308 e. The molecule has 0 aliphatic rings. The maximum absolute atomic E-state index is 11.6. The molecule has 0 saturated heterocycles. The van der Waals surface area contributed by atoms with Crippen molar-refractivity contribution in [3.8, 4) is 11.1 Å². The molecular weight excluding hydrogens is 325 g/mol.